The van der Waals surface area contributed by atoms with E-state index in [2.05, 4.69) is 26.0 Å². The molecule has 1 saturated heterocycles. The van der Waals surface area contributed by atoms with Crippen LogP contribution in [0.5, 0.6) is 0 Å². The van der Waals surface area contributed by atoms with Crippen LogP contribution in [0.1, 0.15) is 123 Å². The number of allylic oxidation sites excluding steroid dienone is 8. The van der Waals surface area contributed by atoms with Gasteiger partial charge in [0, 0.05) is 12.8 Å². The molecule has 0 amide bonds. The van der Waals surface area contributed by atoms with Crippen LogP contribution in [0.3, 0.4) is 0 Å². The normalized spacial score (nSPS) is 22.3. The zero-order valence-corrected chi connectivity index (χ0v) is 29.5. The molecule has 4 N–H and O–H groups in total. The molecule has 0 saturated carbocycles. The van der Waals surface area contributed by atoms with Crippen LogP contribution in [0, 0.1) is 0 Å². The molecule has 1 aliphatic rings. The minimum absolute atomic E-state index is 0.183. The summed E-state index contributed by atoms with van der Waals surface area (Å²) in [5, 5.41) is 39.8. The summed E-state index contributed by atoms with van der Waals surface area (Å²) in [7, 11) is 0. The summed E-state index contributed by atoms with van der Waals surface area (Å²) >= 11 is 0. The average molecular weight is 681 g/mol. The molecule has 1 fully saturated rings. The Labute approximate surface area is 288 Å². The minimum atomic E-state index is -1.60. The number of rotatable bonds is 28. The number of hydrogen-bond acceptors (Lipinski definition) is 10. The molecular weight excluding hydrogens is 616 g/mol. The van der Waals surface area contributed by atoms with Gasteiger partial charge in [0.2, 0.25) is 0 Å². The van der Waals surface area contributed by atoms with Gasteiger partial charge in [0.1, 0.15) is 31.0 Å². The van der Waals surface area contributed by atoms with Crippen LogP contribution in [0.2, 0.25) is 0 Å². The van der Waals surface area contributed by atoms with Crippen LogP contribution >= 0.6 is 0 Å². The number of unbranched alkanes of at least 4 members (excludes halogenated alkanes) is 12. The molecule has 0 aromatic heterocycles. The summed E-state index contributed by atoms with van der Waals surface area (Å²) < 4.78 is 21.9. The summed E-state index contributed by atoms with van der Waals surface area (Å²) in [5.41, 5.74) is 0. The first-order chi connectivity index (χ1) is 23.3. The van der Waals surface area contributed by atoms with E-state index in [0.29, 0.717) is 6.42 Å². The fraction of sp³-hybridized carbons (Fsp3) is 0.737. The Morgan fingerprint density at radius 2 is 1.23 bits per heavy atom. The fourth-order valence-corrected chi connectivity index (χ4v) is 5.14. The van der Waals surface area contributed by atoms with Crippen LogP contribution in [0.25, 0.3) is 0 Å². The lowest BCUT2D eigenvalue weighted by molar-refractivity contribution is -0.305. The zero-order chi connectivity index (χ0) is 35.2. The molecule has 1 heterocycles. The van der Waals surface area contributed by atoms with Crippen molar-refractivity contribution in [1.29, 1.82) is 0 Å². The lowest BCUT2D eigenvalue weighted by Crippen LogP contribution is -2.59. The van der Waals surface area contributed by atoms with Crippen molar-refractivity contribution >= 4 is 11.9 Å². The topological polar surface area (TPSA) is 152 Å². The Hall–Kier alpha value is -2.34. The van der Waals surface area contributed by atoms with E-state index in [9.17, 15) is 30.0 Å². The molecule has 10 heteroatoms. The molecule has 0 radical (unpaired) electrons. The van der Waals surface area contributed by atoms with Crippen molar-refractivity contribution in [3.8, 4) is 0 Å². The van der Waals surface area contributed by atoms with Crippen molar-refractivity contribution in [2.75, 3.05) is 19.8 Å². The van der Waals surface area contributed by atoms with Gasteiger partial charge >= 0.3 is 11.9 Å². The molecule has 3 unspecified atom stereocenters. The lowest BCUT2D eigenvalue weighted by Gasteiger charge is -2.39. The van der Waals surface area contributed by atoms with Gasteiger partial charge in [-0.1, -0.05) is 127 Å². The second kappa shape index (κ2) is 29.6. The smallest absolute Gasteiger partial charge is 0.306 e. The Morgan fingerprint density at radius 3 is 1.85 bits per heavy atom. The summed E-state index contributed by atoms with van der Waals surface area (Å²) in [6.07, 6.45) is 24.2. The van der Waals surface area contributed by atoms with Gasteiger partial charge in [-0.05, 0) is 32.1 Å². The van der Waals surface area contributed by atoms with Crippen molar-refractivity contribution in [3.63, 3.8) is 0 Å². The van der Waals surface area contributed by atoms with Gasteiger partial charge in [0.05, 0.1) is 13.2 Å². The zero-order valence-electron chi connectivity index (χ0n) is 29.5. The van der Waals surface area contributed by atoms with E-state index >= 15 is 0 Å². The number of hydrogen-bond donors (Lipinski definition) is 4. The first kappa shape index (κ1) is 43.7. The number of esters is 2. The minimum Gasteiger partial charge on any atom is -0.462 e. The van der Waals surface area contributed by atoms with Gasteiger partial charge in [0.15, 0.2) is 12.4 Å². The SMILES string of the molecule is CC/C=C/C=C/C=C/C=C/CCCCCC(=O)OC(COC(=O)CCCCCCCCCCCC)CO[C@@H]1O[C@H](CO)[C@H](O)C(O)C1O. The number of carbonyl (C=O) groups is 2. The van der Waals surface area contributed by atoms with E-state index in [1.807, 2.05) is 36.5 Å². The van der Waals surface area contributed by atoms with Crippen LogP contribution in [0.15, 0.2) is 48.6 Å². The van der Waals surface area contributed by atoms with E-state index in [4.69, 9.17) is 18.9 Å². The summed E-state index contributed by atoms with van der Waals surface area (Å²) in [4.78, 5) is 25.1. The van der Waals surface area contributed by atoms with Gasteiger partial charge < -0.3 is 39.4 Å². The van der Waals surface area contributed by atoms with E-state index in [1.165, 1.54) is 38.5 Å². The second-order valence-corrected chi connectivity index (χ2v) is 12.4. The first-order valence-corrected chi connectivity index (χ1v) is 18.3. The van der Waals surface area contributed by atoms with E-state index in [-0.39, 0.29) is 26.1 Å². The maximum absolute atomic E-state index is 12.6. The highest BCUT2D eigenvalue weighted by molar-refractivity contribution is 5.70. The van der Waals surface area contributed by atoms with Gasteiger partial charge in [-0.25, -0.2) is 0 Å². The predicted octanol–water partition coefficient (Wildman–Crippen LogP) is 6.15. The van der Waals surface area contributed by atoms with E-state index in [1.54, 1.807) is 0 Å². The number of aliphatic hydroxyl groups excluding tert-OH is 4. The molecule has 1 rings (SSSR count). The van der Waals surface area contributed by atoms with Crippen LogP contribution in [0.4, 0.5) is 0 Å². The monoisotopic (exact) mass is 680 g/mol. The van der Waals surface area contributed by atoms with Gasteiger partial charge in [-0.2, -0.15) is 0 Å². The van der Waals surface area contributed by atoms with Gasteiger partial charge in [-0.15, -0.1) is 0 Å². The van der Waals surface area contributed by atoms with Gasteiger partial charge in [-0.3, -0.25) is 9.59 Å². The maximum Gasteiger partial charge on any atom is 0.306 e. The van der Waals surface area contributed by atoms with Crippen molar-refractivity contribution in [1.82, 2.24) is 0 Å². The number of carbonyl (C=O) groups excluding carboxylic acids is 2. The third-order valence-electron chi connectivity index (χ3n) is 8.07. The lowest BCUT2D eigenvalue weighted by atomic mass is 9.99. The standard InChI is InChI=1S/C38H64O10/c1-3-5-7-9-11-13-15-16-17-19-21-23-25-27-34(41)47-31(30-46-38-37(44)36(43)35(42)32(28-39)48-38)29-45-33(40)26-24-22-20-18-14-12-10-8-6-4-2/h5,7,9,11,13,15-17,31-32,35-39,42-44H,3-4,6,8,10,12,14,18-30H2,1-2H3/b7-5+,11-9+,15-13+,17-16+/t31?,32-,35+,36?,37?,38-/m1/s1. The largest absolute Gasteiger partial charge is 0.462 e. The molecule has 0 bridgehead atoms. The molecule has 10 nitrogen and oxygen atoms in total. The molecule has 0 aromatic rings. The van der Waals surface area contributed by atoms with Crippen molar-refractivity contribution in [3.05, 3.63) is 48.6 Å². The average Bonchev–Trinajstić information content (AvgIpc) is 3.08. The molecular formula is C38H64O10. The Bertz CT molecular complexity index is 928. The van der Waals surface area contributed by atoms with Gasteiger partial charge in [0.25, 0.3) is 0 Å². The number of aliphatic hydroxyl groups is 4. The Morgan fingerprint density at radius 1 is 0.667 bits per heavy atom. The highest BCUT2D eigenvalue weighted by Gasteiger charge is 2.44. The third kappa shape index (κ3) is 21.6. The molecule has 48 heavy (non-hydrogen) atoms. The molecule has 0 aliphatic carbocycles. The molecule has 276 valence electrons. The number of ether oxygens (including phenoxy) is 4. The maximum atomic E-state index is 12.6. The first-order valence-electron chi connectivity index (χ1n) is 18.3. The molecule has 6 atom stereocenters. The summed E-state index contributed by atoms with van der Waals surface area (Å²) in [6, 6.07) is 0. The van der Waals surface area contributed by atoms with Crippen molar-refractivity contribution in [2.45, 2.75) is 160 Å². The van der Waals surface area contributed by atoms with Crippen LogP contribution < -0.4 is 0 Å². The highest BCUT2D eigenvalue weighted by atomic mass is 16.7. The van der Waals surface area contributed by atoms with Crippen LogP contribution in [-0.2, 0) is 28.5 Å². The highest BCUT2D eigenvalue weighted by Crippen LogP contribution is 2.22. The van der Waals surface area contributed by atoms with Crippen LogP contribution in [-0.4, -0.2) is 89.0 Å². The molecule has 0 spiro atoms. The molecule has 1 aliphatic heterocycles. The quantitative estimate of drug-likeness (QED) is 0.0430. The van der Waals surface area contributed by atoms with Crippen molar-refractivity contribution in [2.24, 2.45) is 0 Å². The van der Waals surface area contributed by atoms with Crippen molar-refractivity contribution < 1.29 is 49.0 Å². The summed E-state index contributed by atoms with van der Waals surface area (Å²) in [5.74, 6) is -0.860. The Kier molecular flexibility index (Phi) is 26.9. The Balaban J connectivity index is 2.47. The molecule has 0 aromatic carbocycles. The fourth-order valence-electron chi connectivity index (χ4n) is 5.14. The predicted molar refractivity (Wildman–Crippen MR) is 187 cm³/mol. The van der Waals surface area contributed by atoms with E-state index in [0.717, 1.165) is 51.4 Å². The second-order valence-electron chi connectivity index (χ2n) is 12.4. The third-order valence-corrected chi connectivity index (χ3v) is 8.07. The van der Waals surface area contributed by atoms with E-state index < -0.39 is 55.4 Å². The summed E-state index contributed by atoms with van der Waals surface area (Å²) in [6.45, 7) is 3.19.